The summed E-state index contributed by atoms with van der Waals surface area (Å²) < 4.78 is 57.5. The predicted molar refractivity (Wildman–Crippen MR) is 88.8 cm³/mol. The van der Waals surface area contributed by atoms with E-state index >= 15 is 0 Å². The van der Waals surface area contributed by atoms with E-state index in [4.69, 9.17) is 4.74 Å². The highest BCUT2D eigenvalue weighted by molar-refractivity contribution is 5.94. The molecule has 0 radical (unpaired) electrons. The second-order valence-corrected chi connectivity index (χ2v) is 6.86. The molecule has 1 aliphatic heterocycles. The summed E-state index contributed by atoms with van der Waals surface area (Å²) in [4.78, 5) is 12.5. The molecular weight excluding hydrogens is 366 g/mol. The number of alkyl halides is 3. The van der Waals surface area contributed by atoms with Gasteiger partial charge in [0.2, 0.25) is 0 Å². The number of amides is 1. The van der Waals surface area contributed by atoms with Crippen LogP contribution in [0.15, 0.2) is 42.5 Å². The van der Waals surface area contributed by atoms with Crippen molar-refractivity contribution in [2.75, 3.05) is 0 Å². The molecule has 2 atom stereocenters. The third-order valence-electron chi connectivity index (χ3n) is 4.47. The lowest BCUT2D eigenvalue weighted by Crippen LogP contribution is -2.53. The van der Waals surface area contributed by atoms with E-state index in [2.05, 4.69) is 5.32 Å². The fraction of sp³-hybridized carbons (Fsp3) is 0.316. The van der Waals surface area contributed by atoms with Gasteiger partial charge in [-0.15, -0.1) is 0 Å². The molecule has 0 spiro atoms. The molecule has 0 aromatic heterocycles. The Morgan fingerprint density at radius 3 is 2.37 bits per heavy atom. The Labute approximate surface area is 152 Å². The molecule has 1 amide bonds. The number of hydrogen-bond donors (Lipinski definition) is 2. The van der Waals surface area contributed by atoms with Crippen LogP contribution in [0.5, 0.6) is 5.75 Å². The number of nitrogens with one attached hydrogen (secondary N) is 1. The minimum absolute atomic E-state index is 0.0652. The molecule has 3 rings (SSSR count). The number of rotatable bonds is 2. The second kappa shape index (κ2) is 6.53. The van der Waals surface area contributed by atoms with E-state index in [-0.39, 0.29) is 16.9 Å². The molecule has 0 bridgehead atoms. The normalized spacial score (nSPS) is 21.1. The van der Waals surface area contributed by atoms with Crippen molar-refractivity contribution < 1.29 is 32.2 Å². The summed E-state index contributed by atoms with van der Waals surface area (Å²) in [6.07, 6.45) is -5.77. The number of benzene rings is 2. The highest BCUT2D eigenvalue weighted by Gasteiger charge is 2.44. The monoisotopic (exact) mass is 383 g/mol. The van der Waals surface area contributed by atoms with Gasteiger partial charge in [0.1, 0.15) is 23.3 Å². The van der Waals surface area contributed by atoms with E-state index in [0.29, 0.717) is 0 Å². The quantitative estimate of drug-likeness (QED) is 0.775. The first kappa shape index (κ1) is 19.2. The number of aliphatic hydroxyl groups excluding tert-OH is 1. The molecule has 8 heteroatoms. The van der Waals surface area contributed by atoms with Crippen LogP contribution in [0.3, 0.4) is 0 Å². The zero-order valence-corrected chi connectivity index (χ0v) is 14.5. The molecule has 2 unspecified atom stereocenters. The van der Waals surface area contributed by atoms with Crippen molar-refractivity contribution in [3.05, 3.63) is 65.0 Å². The number of hydrogen-bond acceptors (Lipinski definition) is 3. The summed E-state index contributed by atoms with van der Waals surface area (Å²) in [7, 11) is 0. The van der Waals surface area contributed by atoms with Crippen LogP contribution in [0.4, 0.5) is 17.6 Å². The van der Waals surface area contributed by atoms with E-state index < -0.39 is 41.2 Å². The molecule has 2 aromatic rings. The van der Waals surface area contributed by atoms with E-state index in [1.165, 1.54) is 32.0 Å². The van der Waals surface area contributed by atoms with E-state index in [1.54, 1.807) is 0 Å². The molecule has 1 heterocycles. The minimum atomic E-state index is -4.55. The van der Waals surface area contributed by atoms with Gasteiger partial charge in [0.15, 0.2) is 0 Å². The molecule has 2 aromatic carbocycles. The highest BCUT2D eigenvalue weighted by atomic mass is 19.4. The van der Waals surface area contributed by atoms with Crippen LogP contribution in [-0.2, 0) is 6.18 Å². The lowest BCUT2D eigenvalue weighted by molar-refractivity contribution is -0.138. The summed E-state index contributed by atoms with van der Waals surface area (Å²) in [6, 6.07) is 6.66. The molecule has 0 aliphatic carbocycles. The smallest absolute Gasteiger partial charge is 0.416 e. The number of ether oxygens (including phenoxy) is 1. The van der Waals surface area contributed by atoms with E-state index in [1.807, 2.05) is 0 Å². The standard InChI is InChI=1S/C19H17F4NO3/c1-18(2)16(25)15(24-17(26)10-3-6-12(20)7-4-10)13-8-5-11(19(21,22)23)9-14(13)27-18/h3-9,15-16,25H,1-2H3,(H,24,26). The topological polar surface area (TPSA) is 58.6 Å². The van der Waals surface area contributed by atoms with Gasteiger partial charge in [-0.05, 0) is 50.2 Å². The van der Waals surface area contributed by atoms with Crippen LogP contribution in [0, 0.1) is 5.82 Å². The largest absolute Gasteiger partial charge is 0.485 e. The van der Waals surface area contributed by atoms with E-state index in [0.717, 1.165) is 24.3 Å². The SMILES string of the molecule is CC1(C)Oc2cc(C(F)(F)F)ccc2C(NC(=O)c2ccc(F)cc2)C1O. The van der Waals surface area contributed by atoms with Gasteiger partial charge in [-0.3, -0.25) is 4.79 Å². The summed E-state index contributed by atoms with van der Waals surface area (Å²) >= 11 is 0. The lowest BCUT2D eigenvalue weighted by atomic mass is 9.86. The lowest BCUT2D eigenvalue weighted by Gasteiger charge is -2.42. The first-order chi connectivity index (χ1) is 12.5. The molecule has 0 saturated heterocycles. The van der Waals surface area contributed by atoms with Crippen molar-refractivity contribution in [3.8, 4) is 5.75 Å². The summed E-state index contributed by atoms with van der Waals surface area (Å²) in [6.45, 7) is 3.02. The summed E-state index contributed by atoms with van der Waals surface area (Å²) in [5.41, 5.74) is -1.75. The predicted octanol–water partition coefficient (Wildman–Crippen LogP) is 3.85. The van der Waals surface area contributed by atoms with Crippen molar-refractivity contribution in [3.63, 3.8) is 0 Å². The highest BCUT2D eigenvalue weighted by Crippen LogP contribution is 2.42. The number of carbonyl (C=O) groups excluding carboxylic acids is 1. The molecule has 0 fully saturated rings. The maximum atomic E-state index is 13.0. The maximum absolute atomic E-state index is 13.0. The molecule has 1 aliphatic rings. The van der Waals surface area contributed by atoms with Crippen molar-refractivity contribution >= 4 is 5.91 Å². The number of carbonyl (C=O) groups is 1. The van der Waals surface area contributed by atoms with Crippen LogP contribution in [0.1, 0.15) is 41.4 Å². The van der Waals surface area contributed by atoms with Crippen LogP contribution in [0.2, 0.25) is 0 Å². The molecule has 2 N–H and O–H groups in total. The zero-order valence-electron chi connectivity index (χ0n) is 14.5. The van der Waals surface area contributed by atoms with E-state index in [9.17, 15) is 27.5 Å². The Morgan fingerprint density at radius 2 is 1.78 bits per heavy atom. The Bertz CT molecular complexity index is 862. The van der Waals surface area contributed by atoms with Gasteiger partial charge in [0.25, 0.3) is 5.91 Å². The number of halogens is 4. The third-order valence-corrected chi connectivity index (χ3v) is 4.47. The van der Waals surface area contributed by atoms with Gasteiger partial charge in [0, 0.05) is 11.1 Å². The van der Waals surface area contributed by atoms with Crippen molar-refractivity contribution in [2.45, 2.75) is 37.8 Å². The van der Waals surface area contributed by atoms with Crippen molar-refractivity contribution in [2.24, 2.45) is 0 Å². The number of aliphatic hydroxyl groups is 1. The molecule has 27 heavy (non-hydrogen) atoms. The van der Waals surface area contributed by atoms with Crippen LogP contribution in [-0.4, -0.2) is 22.7 Å². The summed E-state index contributed by atoms with van der Waals surface area (Å²) in [5.74, 6) is -1.17. The maximum Gasteiger partial charge on any atom is 0.416 e. The summed E-state index contributed by atoms with van der Waals surface area (Å²) in [5, 5.41) is 13.2. The number of fused-ring (bicyclic) bond motifs is 1. The first-order valence-corrected chi connectivity index (χ1v) is 8.14. The first-order valence-electron chi connectivity index (χ1n) is 8.14. The molecule has 144 valence electrons. The third kappa shape index (κ3) is 3.75. The minimum Gasteiger partial charge on any atom is -0.485 e. The Balaban J connectivity index is 1.97. The fourth-order valence-electron chi connectivity index (χ4n) is 2.95. The van der Waals surface area contributed by atoms with Gasteiger partial charge in [-0.2, -0.15) is 13.2 Å². The Morgan fingerprint density at radius 1 is 1.15 bits per heavy atom. The Kier molecular flexibility index (Phi) is 4.63. The average Bonchev–Trinajstić information content (AvgIpc) is 2.57. The van der Waals surface area contributed by atoms with Gasteiger partial charge in [-0.1, -0.05) is 6.07 Å². The van der Waals surface area contributed by atoms with Crippen molar-refractivity contribution in [1.82, 2.24) is 5.32 Å². The van der Waals surface area contributed by atoms with Crippen LogP contribution >= 0.6 is 0 Å². The fourth-order valence-corrected chi connectivity index (χ4v) is 2.95. The van der Waals surface area contributed by atoms with Crippen LogP contribution < -0.4 is 10.1 Å². The van der Waals surface area contributed by atoms with Crippen molar-refractivity contribution in [1.29, 1.82) is 0 Å². The zero-order chi connectivity index (χ0) is 20.0. The molecule has 4 nitrogen and oxygen atoms in total. The van der Waals surface area contributed by atoms with Gasteiger partial charge >= 0.3 is 6.18 Å². The average molecular weight is 383 g/mol. The second-order valence-electron chi connectivity index (χ2n) is 6.86. The van der Waals surface area contributed by atoms with Gasteiger partial charge in [-0.25, -0.2) is 4.39 Å². The van der Waals surface area contributed by atoms with Crippen LogP contribution in [0.25, 0.3) is 0 Å². The van der Waals surface area contributed by atoms with Gasteiger partial charge in [0.05, 0.1) is 11.6 Å². The Hall–Kier alpha value is -2.61. The molecular formula is C19H17F4NO3. The molecule has 0 saturated carbocycles. The van der Waals surface area contributed by atoms with Gasteiger partial charge < -0.3 is 15.2 Å².